The number of amides is 3. The van der Waals surface area contributed by atoms with Gasteiger partial charge in [0.25, 0.3) is 5.91 Å². The van der Waals surface area contributed by atoms with E-state index in [2.05, 4.69) is 9.98 Å². The molecule has 3 amide bonds. The van der Waals surface area contributed by atoms with E-state index in [0.717, 1.165) is 18.4 Å². The fourth-order valence-electron chi connectivity index (χ4n) is 4.34. The molecule has 1 aliphatic carbocycles. The van der Waals surface area contributed by atoms with Gasteiger partial charge in [-0.1, -0.05) is 26.0 Å². The van der Waals surface area contributed by atoms with E-state index in [0.29, 0.717) is 43.0 Å². The van der Waals surface area contributed by atoms with Gasteiger partial charge in [0.1, 0.15) is 5.84 Å². The Morgan fingerprint density at radius 1 is 1.03 bits per heavy atom. The van der Waals surface area contributed by atoms with Crippen molar-refractivity contribution in [2.45, 2.75) is 56.5 Å². The molecule has 192 valence electrons. The lowest BCUT2D eigenvalue weighted by Gasteiger charge is -2.38. The van der Waals surface area contributed by atoms with Crippen LogP contribution in [-0.2, 0) is 9.84 Å². The largest absolute Gasteiger partial charge is 0.387 e. The molecule has 2 heterocycles. The molecule has 2 aromatic rings. The standard InChI is InChI=1S/C26H33N5O4S/c1-17(2)24(27)29-26(33)30-14-12-21(13-15-30)31(20-7-8-20)25(32)19-6-11-23(28-16-19)18-4-9-22(10-5-18)36(3,34)35/h4-6,9-11,16-17,20-21H,7-8,12-15H2,1-3H3,(H2,27,29,33). The van der Waals surface area contributed by atoms with Crippen molar-refractivity contribution in [1.82, 2.24) is 14.8 Å². The number of piperidine rings is 1. The zero-order chi connectivity index (χ0) is 26.0. The number of hydrogen-bond acceptors (Lipinski definition) is 5. The number of hydrogen-bond donors (Lipinski definition) is 1. The Morgan fingerprint density at radius 3 is 2.14 bits per heavy atom. The maximum atomic E-state index is 13.5. The van der Waals surface area contributed by atoms with Crippen molar-refractivity contribution in [1.29, 1.82) is 0 Å². The number of aromatic nitrogens is 1. The molecule has 1 saturated carbocycles. The molecule has 2 aliphatic rings. The molecule has 9 nitrogen and oxygen atoms in total. The molecule has 36 heavy (non-hydrogen) atoms. The Balaban J connectivity index is 1.43. The summed E-state index contributed by atoms with van der Waals surface area (Å²) in [4.78, 5) is 38.3. The van der Waals surface area contributed by atoms with Crippen LogP contribution in [0.5, 0.6) is 0 Å². The second-order valence-electron chi connectivity index (χ2n) is 9.86. The minimum atomic E-state index is -3.26. The van der Waals surface area contributed by atoms with Gasteiger partial charge < -0.3 is 15.5 Å². The van der Waals surface area contributed by atoms with Crippen molar-refractivity contribution >= 4 is 27.6 Å². The average Bonchev–Trinajstić information content (AvgIpc) is 3.69. The van der Waals surface area contributed by atoms with Crippen molar-refractivity contribution in [2.24, 2.45) is 16.6 Å². The number of likely N-dealkylation sites (tertiary alicyclic amines) is 1. The van der Waals surface area contributed by atoms with E-state index >= 15 is 0 Å². The Morgan fingerprint density at radius 2 is 1.64 bits per heavy atom. The Bertz CT molecular complexity index is 1240. The van der Waals surface area contributed by atoms with Crippen molar-refractivity contribution in [3.05, 3.63) is 48.2 Å². The van der Waals surface area contributed by atoms with Crippen LogP contribution in [0.3, 0.4) is 0 Å². The fourth-order valence-corrected chi connectivity index (χ4v) is 4.97. The van der Waals surface area contributed by atoms with E-state index in [-0.39, 0.29) is 34.8 Å². The Labute approximate surface area is 212 Å². The summed E-state index contributed by atoms with van der Waals surface area (Å²) in [5.74, 6) is 0.302. The third-order valence-corrected chi connectivity index (χ3v) is 7.84. The van der Waals surface area contributed by atoms with Crippen molar-refractivity contribution in [3.63, 3.8) is 0 Å². The number of urea groups is 1. The van der Waals surface area contributed by atoms with Crippen LogP contribution in [0.2, 0.25) is 0 Å². The molecule has 1 aliphatic heterocycles. The molecule has 0 bridgehead atoms. The highest BCUT2D eigenvalue weighted by atomic mass is 32.2. The zero-order valence-corrected chi connectivity index (χ0v) is 21.7. The second kappa shape index (κ2) is 10.4. The predicted molar refractivity (Wildman–Crippen MR) is 138 cm³/mol. The number of benzene rings is 1. The van der Waals surface area contributed by atoms with Crippen LogP contribution in [0.25, 0.3) is 11.3 Å². The molecule has 1 saturated heterocycles. The molecule has 1 aromatic heterocycles. The molecule has 0 radical (unpaired) electrons. The summed E-state index contributed by atoms with van der Waals surface area (Å²) < 4.78 is 23.4. The summed E-state index contributed by atoms with van der Waals surface area (Å²) >= 11 is 0. The number of amidine groups is 1. The number of sulfone groups is 1. The van der Waals surface area contributed by atoms with Crippen LogP contribution >= 0.6 is 0 Å². The van der Waals surface area contributed by atoms with Crippen LogP contribution in [0.4, 0.5) is 4.79 Å². The number of pyridine rings is 1. The van der Waals surface area contributed by atoms with Gasteiger partial charge in [0.2, 0.25) is 0 Å². The van der Waals surface area contributed by atoms with Crippen LogP contribution < -0.4 is 5.73 Å². The molecule has 0 atom stereocenters. The second-order valence-corrected chi connectivity index (χ2v) is 11.9. The lowest BCUT2D eigenvalue weighted by molar-refractivity contribution is 0.0577. The SMILES string of the molecule is CC(C)C(N)=NC(=O)N1CCC(N(C(=O)c2ccc(-c3ccc(S(C)(=O)=O)cc3)nc2)C2CC2)CC1. The van der Waals surface area contributed by atoms with Gasteiger partial charge >= 0.3 is 6.03 Å². The molecule has 0 unspecified atom stereocenters. The first-order valence-corrected chi connectivity index (χ1v) is 14.2. The first-order chi connectivity index (χ1) is 17.0. The number of nitrogens with two attached hydrogens (primary N) is 1. The topological polar surface area (TPSA) is 126 Å². The van der Waals surface area contributed by atoms with Crippen LogP contribution in [0.1, 0.15) is 49.9 Å². The van der Waals surface area contributed by atoms with E-state index in [9.17, 15) is 18.0 Å². The highest BCUT2D eigenvalue weighted by Crippen LogP contribution is 2.33. The zero-order valence-electron chi connectivity index (χ0n) is 20.9. The summed E-state index contributed by atoms with van der Waals surface area (Å²) in [6.07, 6.45) is 6.12. The summed E-state index contributed by atoms with van der Waals surface area (Å²) in [5, 5.41) is 0. The van der Waals surface area contributed by atoms with E-state index in [1.54, 1.807) is 47.5 Å². The molecule has 4 rings (SSSR count). The van der Waals surface area contributed by atoms with Gasteiger partial charge in [0.15, 0.2) is 9.84 Å². The number of aliphatic imine (C=N–C) groups is 1. The average molecular weight is 512 g/mol. The van der Waals surface area contributed by atoms with Gasteiger partial charge in [-0.05, 0) is 49.9 Å². The normalized spacial score (nSPS) is 17.3. The van der Waals surface area contributed by atoms with E-state index in [4.69, 9.17) is 5.73 Å². The molecule has 2 fully saturated rings. The number of carbonyl (C=O) groups is 2. The first-order valence-electron chi connectivity index (χ1n) is 12.3. The van der Waals surface area contributed by atoms with Crippen molar-refractivity contribution in [3.8, 4) is 11.3 Å². The number of nitrogens with zero attached hydrogens (tertiary/aromatic N) is 4. The quantitative estimate of drug-likeness (QED) is 0.468. The third kappa shape index (κ3) is 5.92. The highest BCUT2D eigenvalue weighted by Gasteiger charge is 2.39. The third-order valence-electron chi connectivity index (χ3n) is 6.71. The molecule has 2 N–H and O–H groups in total. The van der Waals surface area contributed by atoms with E-state index in [1.807, 2.05) is 18.7 Å². The number of carbonyl (C=O) groups excluding carboxylic acids is 2. The minimum Gasteiger partial charge on any atom is -0.387 e. The van der Waals surface area contributed by atoms with Gasteiger partial charge in [0.05, 0.1) is 16.2 Å². The van der Waals surface area contributed by atoms with Gasteiger partial charge in [-0.2, -0.15) is 4.99 Å². The fraction of sp³-hybridized carbons (Fsp3) is 0.462. The molecule has 1 aromatic carbocycles. The van der Waals surface area contributed by atoms with Crippen molar-refractivity contribution < 1.29 is 18.0 Å². The summed E-state index contributed by atoms with van der Waals surface area (Å²) in [6, 6.07) is 10.1. The van der Waals surface area contributed by atoms with Crippen molar-refractivity contribution in [2.75, 3.05) is 19.3 Å². The summed E-state index contributed by atoms with van der Waals surface area (Å²) in [6.45, 7) is 4.87. The molecular formula is C26H33N5O4S. The number of rotatable bonds is 6. The van der Waals surface area contributed by atoms with E-state index in [1.165, 1.54) is 6.26 Å². The predicted octanol–water partition coefficient (Wildman–Crippen LogP) is 3.35. The molecule has 0 spiro atoms. The monoisotopic (exact) mass is 511 g/mol. The maximum Gasteiger partial charge on any atom is 0.345 e. The smallest absolute Gasteiger partial charge is 0.345 e. The summed E-state index contributed by atoms with van der Waals surface area (Å²) in [5.41, 5.74) is 7.80. The minimum absolute atomic E-state index is 0.0151. The Kier molecular flexibility index (Phi) is 7.44. The van der Waals surface area contributed by atoms with Gasteiger partial charge in [0, 0.05) is 49.1 Å². The molecule has 10 heteroatoms. The highest BCUT2D eigenvalue weighted by molar-refractivity contribution is 7.90. The van der Waals surface area contributed by atoms with Crippen LogP contribution in [-0.4, -0.2) is 72.4 Å². The lowest BCUT2D eigenvalue weighted by Crippen LogP contribution is -2.49. The van der Waals surface area contributed by atoms with Gasteiger partial charge in [-0.25, -0.2) is 13.2 Å². The lowest BCUT2D eigenvalue weighted by atomic mass is 10.0. The van der Waals surface area contributed by atoms with E-state index < -0.39 is 9.84 Å². The van der Waals surface area contributed by atoms with Crippen LogP contribution in [0, 0.1) is 5.92 Å². The summed E-state index contributed by atoms with van der Waals surface area (Å²) in [7, 11) is -3.26. The maximum absolute atomic E-state index is 13.5. The molecular weight excluding hydrogens is 478 g/mol. The van der Waals surface area contributed by atoms with Gasteiger partial charge in [-0.3, -0.25) is 9.78 Å². The van der Waals surface area contributed by atoms with Gasteiger partial charge in [-0.15, -0.1) is 0 Å². The first kappa shape index (κ1) is 25.8. The Hall–Kier alpha value is -3.27. The van der Waals surface area contributed by atoms with Crippen LogP contribution in [0.15, 0.2) is 52.5 Å².